The second-order valence-corrected chi connectivity index (χ2v) is 5.61. The largest absolute Gasteiger partial charge is 0.308 e. The van der Waals surface area contributed by atoms with Crippen LogP contribution in [-0.4, -0.2) is 47.0 Å². The van der Waals surface area contributed by atoms with Crippen LogP contribution in [0.1, 0.15) is 24.8 Å². The zero-order chi connectivity index (χ0) is 13.1. The van der Waals surface area contributed by atoms with Crippen LogP contribution in [0.4, 0.5) is 5.82 Å². The second-order valence-electron chi connectivity index (χ2n) is 5.61. The molecule has 0 radical (unpaired) electrons. The van der Waals surface area contributed by atoms with Gasteiger partial charge in [0.05, 0.1) is 0 Å². The summed E-state index contributed by atoms with van der Waals surface area (Å²) in [4.78, 5) is 9.38. The topological polar surface area (TPSA) is 57.4 Å². The summed E-state index contributed by atoms with van der Waals surface area (Å²) in [6.45, 7) is 5.90. The molecule has 0 amide bonds. The van der Waals surface area contributed by atoms with Crippen LogP contribution in [0.3, 0.4) is 0 Å². The lowest BCUT2D eigenvalue weighted by Gasteiger charge is -2.44. The average Bonchev–Trinajstić information content (AvgIpc) is 2.47. The Hall–Kier alpha value is -1.17. The molecule has 0 aliphatic carbocycles. The standard InChI is InChI=1S/C14H23N5/c15-17-14-9-12(4-5-16-14)10-18-7-8-19-6-2-1-3-13(19)11-18/h4-5,9,13H,1-3,6-8,10-11,15H2,(H,16,17). The first-order valence-electron chi connectivity index (χ1n) is 7.23. The molecule has 1 unspecified atom stereocenters. The smallest absolute Gasteiger partial charge is 0.140 e. The Balaban J connectivity index is 1.60. The highest BCUT2D eigenvalue weighted by molar-refractivity contribution is 5.35. The van der Waals surface area contributed by atoms with E-state index in [-0.39, 0.29) is 0 Å². The van der Waals surface area contributed by atoms with E-state index in [0.29, 0.717) is 0 Å². The first kappa shape index (κ1) is 12.8. The van der Waals surface area contributed by atoms with Crippen LogP contribution in [0.15, 0.2) is 18.3 Å². The molecule has 0 spiro atoms. The predicted octanol–water partition coefficient (Wildman–Crippen LogP) is 1.04. The number of rotatable bonds is 3. The van der Waals surface area contributed by atoms with E-state index in [1.165, 1.54) is 51.0 Å². The van der Waals surface area contributed by atoms with Crippen molar-refractivity contribution in [2.24, 2.45) is 5.84 Å². The normalized spacial score (nSPS) is 25.0. The highest BCUT2D eigenvalue weighted by atomic mass is 15.3. The molecule has 0 aromatic carbocycles. The van der Waals surface area contributed by atoms with E-state index < -0.39 is 0 Å². The van der Waals surface area contributed by atoms with Crippen LogP contribution in [0.5, 0.6) is 0 Å². The number of hydrazine groups is 1. The molecular weight excluding hydrogens is 238 g/mol. The van der Waals surface area contributed by atoms with Gasteiger partial charge in [-0.2, -0.15) is 0 Å². The summed E-state index contributed by atoms with van der Waals surface area (Å²) in [7, 11) is 0. The van der Waals surface area contributed by atoms with Gasteiger partial charge in [-0.1, -0.05) is 6.42 Å². The Morgan fingerprint density at radius 3 is 3.16 bits per heavy atom. The van der Waals surface area contributed by atoms with Crippen molar-refractivity contribution in [1.29, 1.82) is 0 Å². The second kappa shape index (κ2) is 5.86. The number of piperazine rings is 1. The average molecular weight is 261 g/mol. The third kappa shape index (κ3) is 3.05. The first-order chi connectivity index (χ1) is 9.35. The maximum absolute atomic E-state index is 5.41. The quantitative estimate of drug-likeness (QED) is 0.629. The van der Waals surface area contributed by atoms with Gasteiger partial charge in [0.2, 0.25) is 0 Å². The number of hydrogen-bond acceptors (Lipinski definition) is 5. The number of pyridine rings is 1. The van der Waals surface area contributed by atoms with Gasteiger partial charge in [-0.25, -0.2) is 10.8 Å². The highest BCUT2D eigenvalue weighted by Crippen LogP contribution is 2.22. The molecule has 3 N–H and O–H groups in total. The molecule has 5 nitrogen and oxygen atoms in total. The Kier molecular flexibility index (Phi) is 3.96. The lowest BCUT2D eigenvalue weighted by atomic mass is 9.99. The SMILES string of the molecule is NNc1cc(CN2CCN3CCCCC3C2)ccn1. The van der Waals surface area contributed by atoms with Crippen molar-refractivity contribution in [3.8, 4) is 0 Å². The molecule has 3 rings (SSSR count). The third-order valence-corrected chi connectivity index (χ3v) is 4.30. The summed E-state index contributed by atoms with van der Waals surface area (Å²) in [5.41, 5.74) is 3.90. The van der Waals surface area contributed by atoms with E-state index in [1.807, 2.05) is 12.3 Å². The monoisotopic (exact) mass is 261 g/mol. The van der Waals surface area contributed by atoms with E-state index in [9.17, 15) is 0 Å². The van der Waals surface area contributed by atoms with E-state index in [0.717, 1.165) is 18.4 Å². The number of nitrogens with two attached hydrogens (primary N) is 1. The van der Waals surface area contributed by atoms with Gasteiger partial charge in [0.25, 0.3) is 0 Å². The minimum atomic E-state index is 0.744. The van der Waals surface area contributed by atoms with Crippen LogP contribution < -0.4 is 11.3 Å². The maximum atomic E-state index is 5.41. The molecule has 2 aliphatic heterocycles. The molecular formula is C14H23N5. The van der Waals surface area contributed by atoms with Crippen LogP contribution in [0.25, 0.3) is 0 Å². The number of aromatic nitrogens is 1. The predicted molar refractivity (Wildman–Crippen MR) is 76.5 cm³/mol. The fourth-order valence-corrected chi connectivity index (χ4v) is 3.27. The minimum Gasteiger partial charge on any atom is -0.308 e. The molecule has 3 heterocycles. The Labute approximate surface area is 114 Å². The molecule has 2 saturated heterocycles. The van der Waals surface area contributed by atoms with Gasteiger partial charge in [0, 0.05) is 38.4 Å². The summed E-state index contributed by atoms with van der Waals surface area (Å²) in [6.07, 6.45) is 5.96. The zero-order valence-electron chi connectivity index (χ0n) is 11.4. The van der Waals surface area contributed by atoms with Gasteiger partial charge >= 0.3 is 0 Å². The number of nitrogens with one attached hydrogen (secondary N) is 1. The zero-order valence-corrected chi connectivity index (χ0v) is 11.4. The molecule has 0 saturated carbocycles. The van der Waals surface area contributed by atoms with Crippen molar-refractivity contribution < 1.29 is 0 Å². The fraction of sp³-hybridized carbons (Fsp3) is 0.643. The minimum absolute atomic E-state index is 0.744. The number of hydrogen-bond donors (Lipinski definition) is 2. The summed E-state index contributed by atoms with van der Waals surface area (Å²) in [6, 6.07) is 4.89. The van der Waals surface area contributed by atoms with Gasteiger partial charge < -0.3 is 5.43 Å². The van der Waals surface area contributed by atoms with Crippen molar-refractivity contribution in [2.75, 3.05) is 31.6 Å². The van der Waals surface area contributed by atoms with Gasteiger partial charge in [-0.15, -0.1) is 0 Å². The number of anilines is 1. The van der Waals surface area contributed by atoms with Gasteiger partial charge in [0.1, 0.15) is 5.82 Å². The Morgan fingerprint density at radius 2 is 2.26 bits per heavy atom. The van der Waals surface area contributed by atoms with E-state index in [4.69, 9.17) is 5.84 Å². The molecule has 2 fully saturated rings. The van der Waals surface area contributed by atoms with E-state index in [1.54, 1.807) is 0 Å². The first-order valence-corrected chi connectivity index (χ1v) is 7.23. The van der Waals surface area contributed by atoms with Crippen LogP contribution in [0.2, 0.25) is 0 Å². The highest BCUT2D eigenvalue weighted by Gasteiger charge is 2.28. The molecule has 0 bridgehead atoms. The molecule has 104 valence electrons. The van der Waals surface area contributed by atoms with Crippen LogP contribution in [0, 0.1) is 0 Å². The lowest BCUT2D eigenvalue weighted by molar-refractivity contribution is 0.0457. The molecule has 5 heteroatoms. The summed E-state index contributed by atoms with van der Waals surface area (Å²) < 4.78 is 0. The van der Waals surface area contributed by atoms with Crippen molar-refractivity contribution >= 4 is 5.82 Å². The van der Waals surface area contributed by atoms with Crippen molar-refractivity contribution in [1.82, 2.24) is 14.8 Å². The maximum Gasteiger partial charge on any atom is 0.140 e. The fourth-order valence-electron chi connectivity index (χ4n) is 3.27. The van der Waals surface area contributed by atoms with E-state index >= 15 is 0 Å². The van der Waals surface area contributed by atoms with Gasteiger partial charge in [0.15, 0.2) is 0 Å². The third-order valence-electron chi connectivity index (χ3n) is 4.30. The number of nitrogen functional groups attached to an aromatic ring is 1. The van der Waals surface area contributed by atoms with Crippen molar-refractivity contribution in [2.45, 2.75) is 31.8 Å². The lowest BCUT2D eigenvalue weighted by Crippen LogP contribution is -2.54. The Morgan fingerprint density at radius 1 is 1.32 bits per heavy atom. The summed E-state index contributed by atoms with van der Waals surface area (Å²) in [5.74, 6) is 6.15. The number of nitrogens with zero attached hydrogens (tertiary/aromatic N) is 3. The number of piperidine rings is 1. The number of fused-ring (bicyclic) bond motifs is 1. The van der Waals surface area contributed by atoms with Crippen LogP contribution >= 0.6 is 0 Å². The molecule has 19 heavy (non-hydrogen) atoms. The van der Waals surface area contributed by atoms with Gasteiger partial charge in [-0.05, 0) is 37.1 Å². The Bertz CT molecular complexity index is 422. The van der Waals surface area contributed by atoms with E-state index in [2.05, 4.69) is 26.3 Å². The molecule has 2 aliphatic rings. The summed E-state index contributed by atoms with van der Waals surface area (Å²) in [5, 5.41) is 0. The van der Waals surface area contributed by atoms with Crippen LogP contribution in [-0.2, 0) is 6.54 Å². The molecule has 1 aromatic rings. The van der Waals surface area contributed by atoms with Crippen molar-refractivity contribution in [3.63, 3.8) is 0 Å². The molecule has 1 atom stereocenters. The summed E-state index contributed by atoms with van der Waals surface area (Å²) >= 11 is 0. The van der Waals surface area contributed by atoms with Gasteiger partial charge in [-0.3, -0.25) is 9.80 Å². The molecule has 1 aromatic heterocycles. The van der Waals surface area contributed by atoms with Crippen molar-refractivity contribution in [3.05, 3.63) is 23.9 Å².